The van der Waals surface area contributed by atoms with E-state index >= 15 is 8.78 Å². The summed E-state index contributed by atoms with van der Waals surface area (Å²) < 4.78 is 30.3. The molecule has 0 nitrogen and oxygen atoms in total. The average Bonchev–Trinajstić information content (AvgIpc) is 4.04. The van der Waals surface area contributed by atoms with E-state index in [1.807, 2.05) is 26.0 Å². The van der Waals surface area contributed by atoms with Crippen LogP contribution in [0.15, 0.2) is 194 Å². The van der Waals surface area contributed by atoms with E-state index in [2.05, 4.69) is 158 Å². The van der Waals surface area contributed by atoms with Gasteiger partial charge < -0.3 is 0 Å². The third-order valence-corrected chi connectivity index (χ3v) is 17.0. The fraction of sp³-hybridized carbons (Fsp3) is 0.0286. The van der Waals surface area contributed by atoms with Crippen molar-refractivity contribution in [2.45, 2.75) is 13.8 Å². The van der Waals surface area contributed by atoms with Crippen molar-refractivity contribution in [2.75, 3.05) is 0 Å². The molecular weight excluding hydrogens is 879 g/mol. The number of halogens is 2. The molecule has 72 heavy (non-hydrogen) atoms. The first-order chi connectivity index (χ1) is 35.4. The van der Waals surface area contributed by atoms with Gasteiger partial charge in [-0.3, -0.25) is 0 Å². The first-order valence-corrected chi connectivity index (χ1v) is 25.0. The molecule has 2 heteroatoms. The molecule has 0 radical (unpaired) electrons. The molecule has 0 unspecified atom stereocenters. The van der Waals surface area contributed by atoms with E-state index in [4.69, 9.17) is 0 Å². The molecule has 0 heterocycles. The van der Waals surface area contributed by atoms with Crippen LogP contribution in [0.5, 0.6) is 0 Å². The first-order valence-electron chi connectivity index (χ1n) is 25.0. The Balaban J connectivity index is 1.05. The molecule has 332 valence electrons. The lowest BCUT2D eigenvalue weighted by Crippen LogP contribution is -1.97. The van der Waals surface area contributed by atoms with Gasteiger partial charge in [-0.15, -0.1) is 0 Å². The van der Waals surface area contributed by atoms with Crippen molar-refractivity contribution >= 4 is 118 Å². The number of aryl methyl sites for hydroxylation is 2. The molecule has 0 N–H and O–H groups in total. The van der Waals surface area contributed by atoms with Crippen molar-refractivity contribution in [1.29, 1.82) is 0 Å². The van der Waals surface area contributed by atoms with Crippen molar-refractivity contribution in [3.8, 4) is 55.6 Å². The minimum Gasteiger partial charge on any atom is -0.207 e. The lowest BCUT2D eigenvalue weighted by molar-refractivity contribution is 0.626. The third kappa shape index (κ3) is 4.67. The van der Waals surface area contributed by atoms with Crippen molar-refractivity contribution in [3.63, 3.8) is 0 Å². The predicted molar refractivity (Wildman–Crippen MR) is 303 cm³/mol. The SMILES string of the molecule is Cc1cc(F)ccc1-c1c2c(c(-c3ccc(F)cc3C)c3cc4ccccc4cc13)-c1ccc3c4ccc5c6c(ccc(c7ccc-2c1c73)c46)c1c(-c2ccccc2)c2cccc3c4ccccc4c(c23)c51. The van der Waals surface area contributed by atoms with Crippen molar-refractivity contribution in [2.24, 2.45) is 0 Å². The maximum atomic E-state index is 15.1. The third-order valence-electron chi connectivity index (χ3n) is 17.0. The van der Waals surface area contributed by atoms with E-state index in [-0.39, 0.29) is 11.6 Å². The average molecular weight is 917 g/mol. The molecule has 1 aliphatic carbocycles. The molecule has 0 fully saturated rings. The topological polar surface area (TPSA) is 0 Å². The van der Waals surface area contributed by atoms with Crippen LogP contribution in [0.4, 0.5) is 8.78 Å². The van der Waals surface area contributed by atoms with E-state index in [1.165, 1.54) is 108 Å². The van der Waals surface area contributed by atoms with Crippen molar-refractivity contribution < 1.29 is 8.78 Å². The lowest BCUT2D eigenvalue weighted by atomic mass is 9.80. The Hall–Kier alpha value is -8.98. The van der Waals surface area contributed by atoms with Crippen molar-refractivity contribution in [3.05, 3.63) is 217 Å². The van der Waals surface area contributed by atoms with Crippen LogP contribution in [0.2, 0.25) is 0 Å². The predicted octanol–water partition coefficient (Wildman–Crippen LogP) is 20.2. The molecular formula is C70H38F2. The van der Waals surface area contributed by atoms with Crippen LogP contribution in [-0.2, 0) is 0 Å². The van der Waals surface area contributed by atoms with Gasteiger partial charge in [0.25, 0.3) is 0 Å². The molecule has 0 aromatic heterocycles. The van der Waals surface area contributed by atoms with E-state index in [9.17, 15) is 0 Å². The second-order valence-electron chi connectivity index (χ2n) is 20.4. The van der Waals surface area contributed by atoms with Crippen LogP contribution >= 0.6 is 0 Å². The van der Waals surface area contributed by atoms with Gasteiger partial charge in [0.1, 0.15) is 11.6 Å². The zero-order valence-electron chi connectivity index (χ0n) is 39.2. The highest BCUT2D eigenvalue weighted by atomic mass is 19.1. The lowest BCUT2D eigenvalue weighted by Gasteiger charge is -2.23. The first kappa shape index (κ1) is 38.8. The summed E-state index contributed by atoms with van der Waals surface area (Å²) in [5, 5.41) is 27.6. The van der Waals surface area contributed by atoms with E-state index in [0.717, 1.165) is 77.2 Å². The molecule has 0 saturated heterocycles. The van der Waals surface area contributed by atoms with E-state index < -0.39 is 0 Å². The fourth-order valence-electron chi connectivity index (χ4n) is 14.2. The second kappa shape index (κ2) is 13.5. The summed E-state index contributed by atoms with van der Waals surface area (Å²) in [6.07, 6.45) is 0. The number of benzene rings is 14. The van der Waals surface area contributed by atoms with Gasteiger partial charge in [-0.25, -0.2) is 8.78 Å². The minimum atomic E-state index is -0.252. The zero-order valence-corrected chi connectivity index (χ0v) is 39.2. The van der Waals surface area contributed by atoms with Crippen LogP contribution in [0, 0.1) is 25.5 Å². The summed E-state index contributed by atoms with van der Waals surface area (Å²) in [6, 6.07) is 69.5. The maximum Gasteiger partial charge on any atom is 0.123 e. The molecule has 0 saturated carbocycles. The Labute approximate surface area is 411 Å². The quantitative estimate of drug-likeness (QED) is 0.122. The Morgan fingerprint density at radius 3 is 1.24 bits per heavy atom. The number of hydrogen-bond donors (Lipinski definition) is 0. The minimum absolute atomic E-state index is 0.252. The smallest absolute Gasteiger partial charge is 0.123 e. The molecule has 0 bridgehead atoms. The van der Waals surface area contributed by atoms with Gasteiger partial charge in [-0.2, -0.15) is 0 Å². The molecule has 0 atom stereocenters. The van der Waals surface area contributed by atoms with E-state index in [1.54, 1.807) is 24.3 Å². The second-order valence-corrected chi connectivity index (χ2v) is 20.4. The van der Waals surface area contributed by atoms with Gasteiger partial charge in [0.05, 0.1) is 0 Å². The Kier molecular flexibility index (Phi) is 7.25. The summed E-state index contributed by atoms with van der Waals surface area (Å²) in [5.41, 5.74) is 13.1. The summed E-state index contributed by atoms with van der Waals surface area (Å²) in [7, 11) is 0. The van der Waals surface area contributed by atoms with Gasteiger partial charge in [0.15, 0.2) is 0 Å². The van der Waals surface area contributed by atoms with Gasteiger partial charge in [-0.05, 0) is 236 Å². The zero-order chi connectivity index (χ0) is 47.4. The molecule has 0 amide bonds. The van der Waals surface area contributed by atoms with Gasteiger partial charge in [0.2, 0.25) is 0 Å². The van der Waals surface area contributed by atoms with Gasteiger partial charge in [0, 0.05) is 0 Å². The largest absolute Gasteiger partial charge is 0.207 e. The summed E-state index contributed by atoms with van der Waals surface area (Å²) >= 11 is 0. The molecule has 1 aliphatic rings. The van der Waals surface area contributed by atoms with Crippen LogP contribution < -0.4 is 0 Å². The van der Waals surface area contributed by atoms with Crippen molar-refractivity contribution in [1.82, 2.24) is 0 Å². The molecule has 16 aromatic carbocycles. The van der Waals surface area contributed by atoms with Crippen LogP contribution in [0.25, 0.3) is 174 Å². The summed E-state index contributed by atoms with van der Waals surface area (Å²) in [6.45, 7) is 4.04. The molecule has 16 aromatic rings. The Morgan fingerprint density at radius 2 is 0.639 bits per heavy atom. The van der Waals surface area contributed by atoms with Gasteiger partial charge >= 0.3 is 0 Å². The summed E-state index contributed by atoms with van der Waals surface area (Å²) in [4.78, 5) is 0. The number of rotatable bonds is 3. The molecule has 0 aliphatic heterocycles. The highest BCUT2D eigenvalue weighted by Gasteiger charge is 2.34. The monoisotopic (exact) mass is 916 g/mol. The highest BCUT2D eigenvalue weighted by Crippen LogP contribution is 2.62. The van der Waals surface area contributed by atoms with Crippen LogP contribution in [0.3, 0.4) is 0 Å². The fourth-order valence-corrected chi connectivity index (χ4v) is 14.2. The Morgan fingerprint density at radius 1 is 0.236 bits per heavy atom. The summed E-state index contributed by atoms with van der Waals surface area (Å²) in [5.74, 6) is -0.505. The van der Waals surface area contributed by atoms with Crippen LogP contribution in [-0.4, -0.2) is 0 Å². The molecule has 0 spiro atoms. The highest BCUT2D eigenvalue weighted by molar-refractivity contribution is 6.51. The van der Waals surface area contributed by atoms with Gasteiger partial charge in [-0.1, -0.05) is 158 Å². The normalized spacial score (nSPS) is 12.7. The van der Waals surface area contributed by atoms with E-state index in [0.29, 0.717) is 0 Å². The van der Waals surface area contributed by atoms with Crippen LogP contribution in [0.1, 0.15) is 11.1 Å². The Bertz CT molecular complexity index is 4950. The molecule has 17 rings (SSSR count). The number of hydrogen-bond acceptors (Lipinski definition) is 0. The maximum absolute atomic E-state index is 15.1. The standard InChI is InChI=1S/C70H38F2/c1-35-31-40(71)19-21-42(35)59-56-33-38-13-6-7-14-39(38)34-57(56)60(43-22-20-41(72)32-36(43)2)69-54-29-25-49-50-26-30-55-64-52(27-23-47(61(50)64)48-24-28-53(68(59)69)65(54)62(48)49)67-58(37-11-4-3-5-12-37)51-18-10-17-45-44-15-8-9-16-46(44)66(63(45)51)70(55)67/h3-34H,1-2H3. The number of fused-ring (bicyclic) bond motifs is 14.